The molecule has 4 heteroatoms. The second-order valence-corrected chi connectivity index (χ2v) is 7.38. The van der Waals surface area contributed by atoms with Gasteiger partial charge in [-0.2, -0.15) is 0 Å². The van der Waals surface area contributed by atoms with Gasteiger partial charge in [0.2, 0.25) is 0 Å². The number of ether oxygens (including phenoxy) is 1. The summed E-state index contributed by atoms with van der Waals surface area (Å²) in [6.07, 6.45) is 0.0801. The summed E-state index contributed by atoms with van der Waals surface area (Å²) in [5, 5.41) is 10.8. The van der Waals surface area contributed by atoms with E-state index in [-0.39, 0.29) is 17.9 Å². The lowest BCUT2D eigenvalue weighted by Gasteiger charge is -2.45. The molecule has 4 unspecified atom stereocenters. The van der Waals surface area contributed by atoms with Gasteiger partial charge in [0, 0.05) is 19.1 Å². The van der Waals surface area contributed by atoms with Gasteiger partial charge in [-0.3, -0.25) is 9.69 Å². The summed E-state index contributed by atoms with van der Waals surface area (Å²) < 4.78 is 5.21. The largest absolute Gasteiger partial charge is 0.465 e. The Morgan fingerprint density at radius 3 is 2.08 bits per heavy atom. The number of rotatable bonds is 7. The average Bonchev–Trinajstić information content (AvgIpc) is 3.33. The lowest BCUT2D eigenvalue weighted by atomic mass is 9.75. The standard InChI is InChI=1S/C22H25NO3/c1-2-26-21(25)22-13-18(22)19(20(22)24)23(14-16-9-5-3-6-10-16)15-17-11-7-4-8-12-17/h3-12,18-20,24H,2,13-15H2,1H3. The van der Waals surface area contributed by atoms with Crippen LogP contribution in [0.25, 0.3) is 0 Å². The van der Waals surface area contributed by atoms with Gasteiger partial charge >= 0.3 is 5.97 Å². The van der Waals surface area contributed by atoms with E-state index in [0.29, 0.717) is 6.61 Å². The molecule has 2 aliphatic carbocycles. The normalized spacial score (nSPS) is 29.0. The van der Waals surface area contributed by atoms with Gasteiger partial charge in [0.05, 0.1) is 12.7 Å². The van der Waals surface area contributed by atoms with Crippen LogP contribution < -0.4 is 0 Å². The summed E-state index contributed by atoms with van der Waals surface area (Å²) in [6.45, 7) is 3.69. The molecule has 0 heterocycles. The Bertz CT molecular complexity index is 722. The van der Waals surface area contributed by atoms with E-state index in [9.17, 15) is 9.90 Å². The van der Waals surface area contributed by atoms with Gasteiger partial charge in [0.25, 0.3) is 0 Å². The maximum atomic E-state index is 12.3. The monoisotopic (exact) mass is 351 g/mol. The molecule has 26 heavy (non-hydrogen) atoms. The molecule has 4 atom stereocenters. The maximum absolute atomic E-state index is 12.3. The molecule has 0 spiro atoms. The van der Waals surface area contributed by atoms with Crippen LogP contribution in [0.4, 0.5) is 0 Å². The van der Waals surface area contributed by atoms with E-state index in [2.05, 4.69) is 29.2 Å². The molecular weight excluding hydrogens is 326 g/mol. The average molecular weight is 351 g/mol. The van der Waals surface area contributed by atoms with Crippen molar-refractivity contribution in [3.05, 3.63) is 71.8 Å². The van der Waals surface area contributed by atoms with E-state index in [1.165, 1.54) is 11.1 Å². The fraction of sp³-hybridized carbons (Fsp3) is 0.409. The first-order valence-corrected chi connectivity index (χ1v) is 9.34. The molecule has 0 radical (unpaired) electrons. The van der Waals surface area contributed by atoms with Crippen LogP contribution in [0, 0.1) is 11.3 Å². The number of nitrogens with zero attached hydrogens (tertiary/aromatic N) is 1. The zero-order chi connectivity index (χ0) is 18.1. The van der Waals surface area contributed by atoms with Gasteiger partial charge in [-0.15, -0.1) is 0 Å². The third-order valence-electron chi connectivity index (χ3n) is 5.86. The predicted octanol–water partition coefficient (Wildman–Crippen LogP) is 3.00. The SMILES string of the molecule is CCOC(=O)C12CC1C(N(Cc1ccccc1)Cc1ccccc1)C2O. The third kappa shape index (κ3) is 2.83. The summed E-state index contributed by atoms with van der Waals surface area (Å²) in [4.78, 5) is 14.6. The molecule has 136 valence electrons. The lowest BCUT2D eigenvalue weighted by molar-refractivity contribution is -0.170. The van der Waals surface area contributed by atoms with Crippen molar-refractivity contribution in [3.63, 3.8) is 0 Å². The number of esters is 1. The van der Waals surface area contributed by atoms with Crippen LogP contribution in [0.5, 0.6) is 0 Å². The number of hydrogen-bond donors (Lipinski definition) is 1. The van der Waals surface area contributed by atoms with Crippen LogP contribution in [0.1, 0.15) is 24.5 Å². The van der Waals surface area contributed by atoms with Crippen LogP contribution in [-0.2, 0) is 22.6 Å². The molecule has 0 aromatic heterocycles. The van der Waals surface area contributed by atoms with Crippen molar-refractivity contribution in [1.29, 1.82) is 0 Å². The van der Waals surface area contributed by atoms with E-state index >= 15 is 0 Å². The van der Waals surface area contributed by atoms with Crippen LogP contribution in [0.15, 0.2) is 60.7 Å². The van der Waals surface area contributed by atoms with Crippen molar-refractivity contribution in [3.8, 4) is 0 Å². The highest BCUT2D eigenvalue weighted by atomic mass is 16.5. The van der Waals surface area contributed by atoms with E-state index in [0.717, 1.165) is 19.5 Å². The molecule has 0 amide bonds. The Morgan fingerprint density at radius 1 is 1.08 bits per heavy atom. The smallest absolute Gasteiger partial charge is 0.315 e. The minimum absolute atomic E-state index is 0.000168. The Kier molecular flexibility index (Phi) is 4.55. The number of aliphatic hydroxyl groups excluding tert-OH is 1. The van der Waals surface area contributed by atoms with E-state index in [1.54, 1.807) is 0 Å². The van der Waals surface area contributed by atoms with Gasteiger partial charge < -0.3 is 9.84 Å². The Labute approximate surface area is 154 Å². The first kappa shape index (κ1) is 17.3. The maximum Gasteiger partial charge on any atom is 0.315 e. The Balaban J connectivity index is 1.53. The summed E-state index contributed by atoms with van der Waals surface area (Å²) >= 11 is 0. The van der Waals surface area contributed by atoms with Crippen LogP contribution in [0.2, 0.25) is 0 Å². The second-order valence-electron chi connectivity index (χ2n) is 7.38. The van der Waals surface area contributed by atoms with Crippen LogP contribution in [0.3, 0.4) is 0 Å². The van der Waals surface area contributed by atoms with E-state index < -0.39 is 11.5 Å². The van der Waals surface area contributed by atoms with Crippen molar-refractivity contribution < 1.29 is 14.6 Å². The number of aliphatic hydroxyl groups is 1. The summed E-state index contributed by atoms with van der Waals surface area (Å²) in [7, 11) is 0. The van der Waals surface area contributed by atoms with E-state index in [1.807, 2.05) is 43.3 Å². The van der Waals surface area contributed by atoms with Crippen molar-refractivity contribution in [2.24, 2.45) is 11.3 Å². The number of hydrogen-bond acceptors (Lipinski definition) is 4. The van der Waals surface area contributed by atoms with Gasteiger partial charge in [-0.25, -0.2) is 0 Å². The van der Waals surface area contributed by atoms with Gasteiger partial charge in [0.15, 0.2) is 0 Å². The van der Waals surface area contributed by atoms with Crippen molar-refractivity contribution in [2.45, 2.75) is 38.6 Å². The fourth-order valence-corrected chi connectivity index (χ4v) is 4.45. The molecule has 4 nitrogen and oxygen atoms in total. The predicted molar refractivity (Wildman–Crippen MR) is 99.1 cm³/mol. The highest BCUT2D eigenvalue weighted by molar-refractivity contribution is 5.84. The van der Waals surface area contributed by atoms with Crippen LogP contribution in [-0.4, -0.2) is 34.7 Å². The third-order valence-corrected chi connectivity index (χ3v) is 5.86. The number of fused-ring (bicyclic) bond motifs is 1. The molecule has 1 N–H and O–H groups in total. The zero-order valence-electron chi connectivity index (χ0n) is 15.0. The zero-order valence-corrected chi connectivity index (χ0v) is 15.0. The quantitative estimate of drug-likeness (QED) is 0.779. The molecule has 2 fully saturated rings. The molecule has 0 saturated heterocycles. The Morgan fingerprint density at radius 2 is 1.62 bits per heavy atom. The topological polar surface area (TPSA) is 49.8 Å². The lowest BCUT2D eigenvalue weighted by Crippen LogP contribution is -2.60. The molecule has 0 bridgehead atoms. The molecule has 2 aliphatic rings. The molecule has 0 aliphatic heterocycles. The fourth-order valence-electron chi connectivity index (χ4n) is 4.45. The summed E-state index contributed by atoms with van der Waals surface area (Å²) in [5.41, 5.74) is 1.78. The molecule has 2 saturated carbocycles. The second kappa shape index (κ2) is 6.86. The van der Waals surface area contributed by atoms with Crippen molar-refractivity contribution >= 4 is 5.97 Å². The number of benzene rings is 2. The minimum atomic E-state index is -0.654. The van der Waals surface area contributed by atoms with Crippen LogP contribution >= 0.6 is 0 Å². The molecule has 4 rings (SSSR count). The first-order valence-electron chi connectivity index (χ1n) is 9.34. The molecular formula is C22H25NO3. The van der Waals surface area contributed by atoms with Crippen molar-refractivity contribution in [2.75, 3.05) is 6.61 Å². The van der Waals surface area contributed by atoms with Gasteiger partial charge in [-0.1, -0.05) is 60.7 Å². The molecule has 2 aromatic carbocycles. The summed E-state index contributed by atoms with van der Waals surface area (Å²) in [6, 6.07) is 20.6. The van der Waals surface area contributed by atoms with Gasteiger partial charge in [-0.05, 0) is 30.4 Å². The first-order chi connectivity index (χ1) is 12.7. The number of carbonyl (C=O) groups excluding carboxylic acids is 1. The van der Waals surface area contributed by atoms with E-state index in [4.69, 9.17) is 4.74 Å². The summed E-state index contributed by atoms with van der Waals surface area (Å²) in [5.74, 6) is -0.0305. The van der Waals surface area contributed by atoms with Crippen molar-refractivity contribution in [1.82, 2.24) is 4.90 Å². The number of carbonyl (C=O) groups is 1. The highest BCUT2D eigenvalue weighted by Crippen LogP contribution is 2.69. The van der Waals surface area contributed by atoms with Gasteiger partial charge in [0.1, 0.15) is 5.41 Å². The minimum Gasteiger partial charge on any atom is -0.465 e. The molecule has 2 aromatic rings. The highest BCUT2D eigenvalue weighted by Gasteiger charge is 2.79. The Hall–Kier alpha value is -2.17.